The van der Waals surface area contributed by atoms with Crippen molar-refractivity contribution in [1.82, 2.24) is 0 Å². The van der Waals surface area contributed by atoms with E-state index in [1.54, 1.807) is 0 Å². The average Bonchev–Trinajstić information content (AvgIpc) is 2.63. The van der Waals surface area contributed by atoms with Crippen LogP contribution in [0.1, 0.15) is 51.4 Å². The summed E-state index contributed by atoms with van der Waals surface area (Å²) in [5.41, 5.74) is 2.53. The van der Waals surface area contributed by atoms with Gasteiger partial charge in [-0.3, -0.25) is 0 Å². The molecule has 1 saturated carbocycles. The van der Waals surface area contributed by atoms with Gasteiger partial charge >= 0.3 is 0 Å². The number of piperidine rings is 1. The first kappa shape index (κ1) is 18.8. The number of hydrogen-bond donors (Lipinski definition) is 1. The maximum atomic E-state index is 13.4. The maximum absolute atomic E-state index is 13.4. The van der Waals surface area contributed by atoms with Gasteiger partial charge in [-0.15, -0.1) is 0 Å². The number of rotatable bonds is 5. The zero-order chi connectivity index (χ0) is 17.8. The Kier molecular flexibility index (Phi) is 6.13. The SMILES string of the molecule is C[N+]1(C/C=C/[Si](O)(c2ccc(F)cc2)C2CCCCC2)CCCCC1. The molecule has 1 aliphatic heterocycles. The van der Waals surface area contributed by atoms with Crippen LogP contribution in [0, 0.1) is 5.82 Å². The van der Waals surface area contributed by atoms with E-state index >= 15 is 0 Å². The lowest BCUT2D eigenvalue weighted by atomic mass is 10.0. The van der Waals surface area contributed by atoms with Crippen LogP contribution in [0.25, 0.3) is 0 Å². The van der Waals surface area contributed by atoms with Crippen LogP contribution in [0.5, 0.6) is 0 Å². The fourth-order valence-corrected chi connectivity index (χ4v) is 8.06. The molecule has 1 heterocycles. The zero-order valence-electron chi connectivity index (χ0n) is 15.6. The predicted octanol–water partition coefficient (Wildman–Crippen LogP) is 4.03. The molecule has 1 aromatic carbocycles. The summed E-state index contributed by atoms with van der Waals surface area (Å²) in [6.45, 7) is 3.48. The summed E-state index contributed by atoms with van der Waals surface area (Å²) in [5, 5.41) is 0.971. The molecule has 1 N–H and O–H groups in total. The van der Waals surface area contributed by atoms with Crippen molar-refractivity contribution in [3.63, 3.8) is 0 Å². The third-order valence-corrected chi connectivity index (χ3v) is 10.2. The Balaban J connectivity index is 1.80. The number of benzene rings is 1. The normalized spacial score (nSPS) is 24.3. The van der Waals surface area contributed by atoms with Gasteiger partial charge in [-0.25, -0.2) is 4.39 Å². The number of halogens is 1. The Morgan fingerprint density at radius 1 is 1.04 bits per heavy atom. The molecule has 2 fully saturated rings. The maximum Gasteiger partial charge on any atom is 0.248 e. The van der Waals surface area contributed by atoms with Crippen molar-refractivity contribution in [3.8, 4) is 0 Å². The highest BCUT2D eigenvalue weighted by molar-refractivity contribution is 6.90. The van der Waals surface area contributed by atoms with Crippen molar-refractivity contribution in [2.45, 2.75) is 56.9 Å². The summed E-state index contributed by atoms with van der Waals surface area (Å²) < 4.78 is 14.5. The van der Waals surface area contributed by atoms with Gasteiger partial charge in [-0.05, 0) is 48.2 Å². The highest BCUT2D eigenvalue weighted by Gasteiger charge is 2.40. The van der Waals surface area contributed by atoms with Crippen LogP contribution in [-0.2, 0) is 0 Å². The van der Waals surface area contributed by atoms with Gasteiger partial charge in [0.15, 0.2) is 0 Å². The molecule has 3 rings (SSSR count). The number of nitrogens with zero attached hydrogens (tertiary/aromatic N) is 1. The van der Waals surface area contributed by atoms with Crippen molar-refractivity contribution >= 4 is 13.5 Å². The topological polar surface area (TPSA) is 20.2 Å². The highest BCUT2D eigenvalue weighted by Crippen LogP contribution is 2.36. The van der Waals surface area contributed by atoms with Crippen LogP contribution in [0.3, 0.4) is 0 Å². The van der Waals surface area contributed by atoms with Crippen LogP contribution in [-0.4, -0.2) is 44.3 Å². The fourth-order valence-electron chi connectivity index (χ4n) is 4.67. The summed E-state index contributed by atoms with van der Waals surface area (Å²) in [6, 6.07) is 6.64. The third-order valence-electron chi connectivity index (χ3n) is 6.35. The molecule has 0 aromatic heterocycles. The molecule has 4 heteroatoms. The lowest BCUT2D eigenvalue weighted by molar-refractivity contribution is -0.908. The third kappa shape index (κ3) is 4.60. The molecule has 1 unspecified atom stereocenters. The predicted molar refractivity (Wildman–Crippen MR) is 105 cm³/mol. The Labute approximate surface area is 153 Å². The zero-order valence-corrected chi connectivity index (χ0v) is 16.6. The molecule has 1 aliphatic carbocycles. The van der Waals surface area contributed by atoms with Crippen LogP contribution in [0.4, 0.5) is 4.39 Å². The number of quaternary nitrogens is 1. The molecule has 1 saturated heterocycles. The summed E-state index contributed by atoms with van der Waals surface area (Å²) in [5.74, 6) is -0.223. The molecule has 0 bridgehead atoms. The molecular formula is C21H33FNOSi+. The number of hydrogen-bond acceptors (Lipinski definition) is 1. The highest BCUT2D eigenvalue weighted by atomic mass is 28.4. The van der Waals surface area contributed by atoms with Gasteiger partial charge in [0.2, 0.25) is 8.32 Å². The standard InChI is InChI=1S/C21H33FNOSi/c1-23(15-6-3-7-16-23)17-8-18-25(24,20-9-4-2-5-10-20)21-13-11-19(22)12-14-21/h8,11-14,18,20,24H,2-7,9-10,15-17H2,1H3/q+1/b18-8+. The number of likely N-dealkylation sites (tertiary alicyclic amines) is 1. The quantitative estimate of drug-likeness (QED) is 0.619. The van der Waals surface area contributed by atoms with E-state index in [4.69, 9.17) is 0 Å². The van der Waals surface area contributed by atoms with Crippen LogP contribution in [0.2, 0.25) is 5.54 Å². The second-order valence-electron chi connectivity index (χ2n) is 8.38. The molecule has 25 heavy (non-hydrogen) atoms. The van der Waals surface area contributed by atoms with Crippen LogP contribution in [0.15, 0.2) is 36.0 Å². The average molecular weight is 363 g/mol. The Bertz CT molecular complexity index is 576. The van der Waals surface area contributed by atoms with E-state index in [-0.39, 0.29) is 5.82 Å². The molecule has 0 spiro atoms. The molecule has 1 atom stereocenters. The van der Waals surface area contributed by atoms with Crippen molar-refractivity contribution in [2.24, 2.45) is 0 Å². The van der Waals surface area contributed by atoms with Gasteiger partial charge in [0.05, 0.1) is 26.7 Å². The van der Waals surface area contributed by atoms with Gasteiger partial charge in [-0.1, -0.05) is 49.9 Å². The Hall–Kier alpha value is -0.973. The van der Waals surface area contributed by atoms with Crippen molar-refractivity contribution in [1.29, 1.82) is 0 Å². The summed E-state index contributed by atoms with van der Waals surface area (Å²) in [4.78, 5) is 11.7. The Morgan fingerprint density at radius 2 is 1.64 bits per heavy atom. The van der Waals surface area contributed by atoms with Crippen molar-refractivity contribution < 1.29 is 13.7 Å². The fraction of sp³-hybridized carbons (Fsp3) is 0.619. The minimum atomic E-state index is -2.72. The van der Waals surface area contributed by atoms with E-state index in [0.29, 0.717) is 5.54 Å². The minimum Gasteiger partial charge on any atom is -0.424 e. The van der Waals surface area contributed by atoms with Gasteiger partial charge in [0.25, 0.3) is 0 Å². The van der Waals surface area contributed by atoms with Gasteiger partial charge in [0.1, 0.15) is 5.82 Å². The van der Waals surface area contributed by atoms with E-state index in [1.165, 1.54) is 63.7 Å². The van der Waals surface area contributed by atoms with Gasteiger partial charge in [-0.2, -0.15) is 0 Å². The van der Waals surface area contributed by atoms with E-state index in [0.717, 1.165) is 29.1 Å². The first-order chi connectivity index (χ1) is 12.0. The van der Waals surface area contributed by atoms with Crippen LogP contribution >= 0.6 is 0 Å². The largest absolute Gasteiger partial charge is 0.424 e. The molecule has 1 aromatic rings. The van der Waals surface area contributed by atoms with E-state index in [1.807, 2.05) is 12.1 Å². The molecular weight excluding hydrogens is 329 g/mol. The van der Waals surface area contributed by atoms with Gasteiger partial charge < -0.3 is 9.28 Å². The van der Waals surface area contributed by atoms with E-state index in [2.05, 4.69) is 18.8 Å². The van der Waals surface area contributed by atoms with Gasteiger partial charge in [0, 0.05) is 0 Å². The molecule has 0 amide bonds. The second-order valence-corrected chi connectivity index (χ2v) is 11.8. The molecule has 138 valence electrons. The lowest BCUT2D eigenvalue weighted by Crippen LogP contribution is -2.52. The Morgan fingerprint density at radius 3 is 2.28 bits per heavy atom. The summed E-state index contributed by atoms with van der Waals surface area (Å²) in [6.07, 6.45) is 12.1. The smallest absolute Gasteiger partial charge is 0.248 e. The number of likely N-dealkylation sites (N-methyl/N-ethyl adjacent to an activating group) is 1. The molecule has 0 radical (unpaired) electrons. The monoisotopic (exact) mass is 362 g/mol. The van der Waals surface area contributed by atoms with Crippen molar-refractivity contribution in [2.75, 3.05) is 26.7 Å². The van der Waals surface area contributed by atoms with Crippen LogP contribution < -0.4 is 5.19 Å². The minimum absolute atomic E-state index is 0.223. The summed E-state index contributed by atoms with van der Waals surface area (Å²) in [7, 11) is -0.386. The lowest BCUT2D eigenvalue weighted by Gasteiger charge is -2.38. The summed E-state index contributed by atoms with van der Waals surface area (Å²) >= 11 is 0. The first-order valence-corrected chi connectivity index (χ1v) is 12.1. The molecule has 2 nitrogen and oxygen atoms in total. The molecule has 2 aliphatic rings. The van der Waals surface area contributed by atoms with E-state index < -0.39 is 8.32 Å². The van der Waals surface area contributed by atoms with E-state index in [9.17, 15) is 9.19 Å². The van der Waals surface area contributed by atoms with Crippen molar-refractivity contribution in [3.05, 3.63) is 41.9 Å². The first-order valence-electron chi connectivity index (χ1n) is 10.0. The second kappa shape index (κ2) is 8.15.